The number of alkyl halides is 3. The SMILES string of the molecule is Cn1nc(-c2ccc(Oc3ccccc3)cc2)c2scc(-c3ccncc3)c2c1=O.O=C(O)C(F)(F)F. The van der Waals surface area contributed by atoms with Crippen LogP contribution in [0.25, 0.3) is 32.5 Å². The zero-order chi connectivity index (χ0) is 26.6. The summed E-state index contributed by atoms with van der Waals surface area (Å²) in [6, 6.07) is 21.2. The number of nitrogens with zero attached hydrogens (tertiary/aromatic N) is 3. The first-order chi connectivity index (χ1) is 17.6. The molecule has 11 heteroatoms. The van der Waals surface area contributed by atoms with Crippen LogP contribution in [0, 0.1) is 0 Å². The highest BCUT2D eigenvalue weighted by Gasteiger charge is 2.38. The van der Waals surface area contributed by atoms with E-state index >= 15 is 0 Å². The molecule has 3 aromatic heterocycles. The van der Waals surface area contributed by atoms with Gasteiger partial charge in [-0.25, -0.2) is 9.48 Å². The van der Waals surface area contributed by atoms with Gasteiger partial charge in [-0.2, -0.15) is 18.3 Å². The van der Waals surface area contributed by atoms with Gasteiger partial charge in [0.05, 0.1) is 10.1 Å². The highest BCUT2D eigenvalue weighted by atomic mass is 32.1. The van der Waals surface area contributed by atoms with E-state index in [0.717, 1.165) is 38.6 Å². The lowest BCUT2D eigenvalue weighted by atomic mass is 10.1. The summed E-state index contributed by atoms with van der Waals surface area (Å²) < 4.78 is 39.9. The molecule has 0 bridgehead atoms. The zero-order valence-corrected chi connectivity index (χ0v) is 20.0. The molecule has 0 spiro atoms. The third-order valence-electron chi connectivity index (χ3n) is 5.10. The van der Waals surface area contributed by atoms with Crippen LogP contribution in [0.5, 0.6) is 11.5 Å². The first-order valence-electron chi connectivity index (χ1n) is 10.7. The number of aryl methyl sites for hydroxylation is 1. The molecule has 5 rings (SSSR count). The monoisotopic (exact) mass is 525 g/mol. The molecule has 0 radical (unpaired) electrons. The summed E-state index contributed by atoms with van der Waals surface area (Å²) in [5.74, 6) is -1.23. The minimum Gasteiger partial charge on any atom is -0.475 e. The van der Waals surface area contributed by atoms with Gasteiger partial charge in [0.1, 0.15) is 17.2 Å². The van der Waals surface area contributed by atoms with Crippen LogP contribution in [-0.2, 0) is 11.8 Å². The van der Waals surface area contributed by atoms with Crippen LogP contribution in [0.15, 0.2) is 89.3 Å². The van der Waals surface area contributed by atoms with Crippen LogP contribution < -0.4 is 10.3 Å². The summed E-state index contributed by atoms with van der Waals surface area (Å²) in [4.78, 5) is 25.9. The van der Waals surface area contributed by atoms with Gasteiger partial charge in [-0.3, -0.25) is 9.78 Å². The lowest BCUT2D eigenvalue weighted by Gasteiger charge is -2.09. The number of para-hydroxylation sites is 1. The fourth-order valence-corrected chi connectivity index (χ4v) is 4.46. The summed E-state index contributed by atoms with van der Waals surface area (Å²) in [5.41, 5.74) is 3.48. The Bertz CT molecular complexity index is 1580. The van der Waals surface area contributed by atoms with E-state index in [4.69, 9.17) is 14.6 Å². The Kier molecular flexibility index (Phi) is 7.35. The van der Waals surface area contributed by atoms with Crippen molar-refractivity contribution >= 4 is 27.4 Å². The van der Waals surface area contributed by atoms with Gasteiger partial charge in [0.15, 0.2) is 0 Å². The van der Waals surface area contributed by atoms with Gasteiger partial charge in [0.25, 0.3) is 5.56 Å². The van der Waals surface area contributed by atoms with Crippen molar-refractivity contribution in [1.82, 2.24) is 14.8 Å². The number of fused-ring (bicyclic) bond motifs is 1. The summed E-state index contributed by atoms with van der Waals surface area (Å²) in [6.07, 6.45) is -1.62. The van der Waals surface area contributed by atoms with Crippen molar-refractivity contribution in [1.29, 1.82) is 0 Å². The Balaban J connectivity index is 0.000000405. The van der Waals surface area contributed by atoms with Gasteiger partial charge in [0.2, 0.25) is 0 Å². The third-order valence-corrected chi connectivity index (χ3v) is 6.09. The highest BCUT2D eigenvalue weighted by molar-refractivity contribution is 7.18. The van der Waals surface area contributed by atoms with Crippen LogP contribution in [0.3, 0.4) is 0 Å². The predicted octanol–water partition coefficient (Wildman–Crippen LogP) is 6.15. The van der Waals surface area contributed by atoms with Crippen molar-refractivity contribution in [3.8, 4) is 33.9 Å². The molecule has 0 unspecified atom stereocenters. The number of pyridine rings is 1. The Labute approximate surface area is 212 Å². The zero-order valence-electron chi connectivity index (χ0n) is 19.1. The van der Waals surface area contributed by atoms with E-state index in [2.05, 4.69) is 10.1 Å². The van der Waals surface area contributed by atoms with Gasteiger partial charge >= 0.3 is 12.1 Å². The van der Waals surface area contributed by atoms with Crippen molar-refractivity contribution in [3.63, 3.8) is 0 Å². The normalized spacial score (nSPS) is 11.0. The molecule has 188 valence electrons. The van der Waals surface area contributed by atoms with Gasteiger partial charge < -0.3 is 9.84 Å². The fourth-order valence-electron chi connectivity index (χ4n) is 3.39. The number of carboxylic acids is 1. The number of carboxylic acid groups (broad SMARTS) is 1. The van der Waals surface area contributed by atoms with Crippen LogP contribution in [0.4, 0.5) is 13.2 Å². The summed E-state index contributed by atoms with van der Waals surface area (Å²) >= 11 is 1.53. The molecule has 1 N–H and O–H groups in total. The number of ether oxygens (including phenoxy) is 1. The third kappa shape index (κ3) is 5.84. The fraction of sp³-hybridized carbons (Fsp3) is 0.0769. The Morgan fingerprint density at radius 3 is 2.14 bits per heavy atom. The number of thiophene rings is 1. The van der Waals surface area contributed by atoms with E-state index < -0.39 is 12.1 Å². The van der Waals surface area contributed by atoms with E-state index in [0.29, 0.717) is 5.39 Å². The number of rotatable bonds is 4. The number of hydrogen-bond donors (Lipinski definition) is 1. The summed E-state index contributed by atoms with van der Waals surface area (Å²) in [7, 11) is 1.69. The largest absolute Gasteiger partial charge is 0.490 e. The van der Waals surface area contributed by atoms with E-state index in [9.17, 15) is 18.0 Å². The first-order valence-corrected chi connectivity index (χ1v) is 11.6. The maximum absolute atomic E-state index is 12.9. The summed E-state index contributed by atoms with van der Waals surface area (Å²) in [6.45, 7) is 0. The Hall–Kier alpha value is -4.51. The second-order valence-corrected chi connectivity index (χ2v) is 8.49. The Morgan fingerprint density at radius 1 is 0.946 bits per heavy atom. The molecule has 0 amide bonds. The van der Waals surface area contributed by atoms with E-state index in [1.54, 1.807) is 19.4 Å². The van der Waals surface area contributed by atoms with Crippen LogP contribution in [0.2, 0.25) is 0 Å². The molecule has 0 fully saturated rings. The van der Waals surface area contributed by atoms with Gasteiger partial charge in [-0.1, -0.05) is 18.2 Å². The average Bonchev–Trinajstić information content (AvgIpc) is 3.33. The molecule has 5 aromatic rings. The minimum atomic E-state index is -5.08. The number of aromatic nitrogens is 3. The molecule has 0 saturated heterocycles. The molecule has 2 aromatic carbocycles. The quantitative estimate of drug-likeness (QED) is 0.303. The standard InChI is InChI=1S/C24H17N3O2S.C2HF3O2/c1-27-24(28)21-20(16-11-13-25-14-12-16)15-30-23(21)22(26-27)17-7-9-19(10-8-17)29-18-5-3-2-4-6-18;3-2(4,5)1(6)7/h2-15H,1H3;(H,6,7). The van der Waals surface area contributed by atoms with Crippen molar-refractivity contribution in [2.45, 2.75) is 6.18 Å². The molecule has 37 heavy (non-hydrogen) atoms. The second kappa shape index (κ2) is 10.6. The molecule has 7 nitrogen and oxygen atoms in total. The number of halogens is 3. The van der Waals surface area contributed by atoms with E-state index in [-0.39, 0.29) is 5.56 Å². The highest BCUT2D eigenvalue weighted by Crippen LogP contribution is 2.37. The topological polar surface area (TPSA) is 94.3 Å². The van der Waals surface area contributed by atoms with E-state index in [1.807, 2.05) is 72.1 Å². The molecule has 0 aliphatic carbocycles. The van der Waals surface area contributed by atoms with Gasteiger partial charge in [0, 0.05) is 35.9 Å². The molecular formula is C26H18F3N3O4S. The average molecular weight is 526 g/mol. The number of benzene rings is 2. The maximum atomic E-state index is 12.9. The van der Waals surface area contributed by atoms with Crippen LogP contribution in [0.1, 0.15) is 0 Å². The number of aliphatic carboxylic acids is 1. The summed E-state index contributed by atoms with van der Waals surface area (Å²) in [5, 5.41) is 14.4. The van der Waals surface area contributed by atoms with Gasteiger partial charge in [-0.15, -0.1) is 11.3 Å². The van der Waals surface area contributed by atoms with Crippen molar-refractivity contribution in [3.05, 3.63) is 94.9 Å². The predicted molar refractivity (Wildman–Crippen MR) is 134 cm³/mol. The molecule has 0 saturated carbocycles. The van der Waals surface area contributed by atoms with Gasteiger partial charge in [-0.05, 0) is 54.1 Å². The van der Waals surface area contributed by atoms with E-state index in [1.165, 1.54) is 16.0 Å². The van der Waals surface area contributed by atoms with Crippen molar-refractivity contribution < 1.29 is 27.8 Å². The number of hydrogen-bond acceptors (Lipinski definition) is 6. The first kappa shape index (κ1) is 25.6. The minimum absolute atomic E-state index is 0.106. The lowest BCUT2D eigenvalue weighted by Crippen LogP contribution is -2.21. The van der Waals surface area contributed by atoms with Crippen molar-refractivity contribution in [2.24, 2.45) is 7.05 Å². The molecular weight excluding hydrogens is 507 g/mol. The lowest BCUT2D eigenvalue weighted by molar-refractivity contribution is -0.192. The number of carbonyl (C=O) groups is 1. The maximum Gasteiger partial charge on any atom is 0.490 e. The smallest absolute Gasteiger partial charge is 0.475 e. The van der Waals surface area contributed by atoms with Crippen LogP contribution in [-0.4, -0.2) is 32.0 Å². The van der Waals surface area contributed by atoms with Crippen molar-refractivity contribution in [2.75, 3.05) is 0 Å². The molecule has 0 aliphatic heterocycles. The molecule has 0 aliphatic rings. The molecule has 0 atom stereocenters. The van der Waals surface area contributed by atoms with Crippen LogP contribution >= 0.6 is 11.3 Å². The second-order valence-electron chi connectivity index (χ2n) is 7.61. The molecule has 3 heterocycles. The Morgan fingerprint density at radius 2 is 1.54 bits per heavy atom.